The van der Waals surface area contributed by atoms with Gasteiger partial charge in [-0.05, 0) is 20.8 Å². The molecule has 0 unspecified atom stereocenters. The van der Waals surface area contributed by atoms with E-state index in [1.54, 1.807) is 39.8 Å². The van der Waals surface area contributed by atoms with E-state index in [4.69, 9.17) is 14.2 Å². The largest absolute Gasteiger partial charge is 0.470 e. The van der Waals surface area contributed by atoms with Gasteiger partial charge in [0, 0.05) is 33.1 Å². The number of rotatable bonds is 5. The number of halogens is 1. The quantitative estimate of drug-likeness (QED) is 0.418. The molecule has 1 amide bonds. The van der Waals surface area contributed by atoms with Crippen molar-refractivity contribution in [3.63, 3.8) is 0 Å². The molecule has 10 heteroatoms. The third-order valence-corrected chi connectivity index (χ3v) is 3.81. The SMILES string of the molecule is COC(=O)c1nc(O[C@H]2CCN(C(=O)OC(C)(C)C)C2)c(F)cc1N=CN(C)C. The van der Waals surface area contributed by atoms with Gasteiger partial charge in [-0.25, -0.2) is 24.0 Å². The van der Waals surface area contributed by atoms with Gasteiger partial charge in [-0.3, -0.25) is 0 Å². The number of hydrogen-bond acceptors (Lipinski definition) is 7. The van der Waals surface area contributed by atoms with Crippen molar-refractivity contribution >= 4 is 24.1 Å². The summed E-state index contributed by atoms with van der Waals surface area (Å²) in [5, 5.41) is 0. The van der Waals surface area contributed by atoms with E-state index < -0.39 is 29.6 Å². The third kappa shape index (κ3) is 6.30. The minimum absolute atomic E-state index is 0.0252. The molecule has 0 aliphatic carbocycles. The van der Waals surface area contributed by atoms with Gasteiger partial charge >= 0.3 is 12.1 Å². The van der Waals surface area contributed by atoms with E-state index in [1.807, 2.05) is 0 Å². The van der Waals surface area contributed by atoms with E-state index in [-0.39, 0.29) is 23.8 Å². The van der Waals surface area contributed by atoms with Crippen molar-refractivity contribution in [2.75, 3.05) is 34.3 Å². The number of aliphatic imine (C=N–C) groups is 1. The molecule has 0 spiro atoms. The number of amides is 1. The van der Waals surface area contributed by atoms with Gasteiger partial charge in [-0.1, -0.05) is 0 Å². The first-order chi connectivity index (χ1) is 13.5. The molecular weight excluding hydrogens is 383 g/mol. The number of pyridine rings is 1. The Kier molecular flexibility index (Phi) is 6.99. The van der Waals surface area contributed by atoms with Crippen LogP contribution in [0.5, 0.6) is 5.88 Å². The van der Waals surface area contributed by atoms with Gasteiger partial charge in [0.1, 0.15) is 17.4 Å². The third-order valence-electron chi connectivity index (χ3n) is 3.81. The Morgan fingerprint density at radius 2 is 2.07 bits per heavy atom. The zero-order chi connectivity index (χ0) is 21.8. The van der Waals surface area contributed by atoms with Crippen LogP contribution >= 0.6 is 0 Å². The maximum atomic E-state index is 14.5. The summed E-state index contributed by atoms with van der Waals surface area (Å²) in [6.45, 7) is 5.98. The number of likely N-dealkylation sites (tertiary alicyclic amines) is 1. The molecule has 0 N–H and O–H groups in total. The average Bonchev–Trinajstić information content (AvgIpc) is 3.08. The van der Waals surface area contributed by atoms with E-state index in [0.29, 0.717) is 13.0 Å². The summed E-state index contributed by atoms with van der Waals surface area (Å²) >= 11 is 0. The normalized spacial score (nSPS) is 16.8. The number of hydrogen-bond donors (Lipinski definition) is 0. The van der Waals surface area contributed by atoms with Crippen LogP contribution in [0.15, 0.2) is 11.1 Å². The van der Waals surface area contributed by atoms with Crippen molar-refractivity contribution in [2.45, 2.75) is 38.9 Å². The van der Waals surface area contributed by atoms with Gasteiger partial charge in [0.15, 0.2) is 11.5 Å². The first-order valence-electron chi connectivity index (χ1n) is 9.14. The second kappa shape index (κ2) is 9.06. The Labute approximate surface area is 169 Å². The number of ether oxygens (including phenoxy) is 3. The highest BCUT2D eigenvalue weighted by Gasteiger charge is 2.32. The van der Waals surface area contributed by atoms with Crippen LogP contribution in [0.1, 0.15) is 37.7 Å². The summed E-state index contributed by atoms with van der Waals surface area (Å²) in [5.41, 5.74) is -0.747. The molecule has 9 nitrogen and oxygen atoms in total. The van der Waals surface area contributed by atoms with E-state index in [9.17, 15) is 14.0 Å². The van der Waals surface area contributed by atoms with Gasteiger partial charge in [0.25, 0.3) is 5.88 Å². The second-order valence-electron chi connectivity index (χ2n) is 7.80. The minimum atomic E-state index is -0.765. The van der Waals surface area contributed by atoms with Gasteiger partial charge in [0.05, 0.1) is 20.0 Å². The Balaban J connectivity index is 2.17. The molecule has 160 valence electrons. The van der Waals surface area contributed by atoms with Gasteiger partial charge in [-0.15, -0.1) is 0 Å². The van der Waals surface area contributed by atoms with E-state index in [2.05, 4.69) is 9.98 Å². The van der Waals surface area contributed by atoms with Gasteiger partial charge in [-0.2, -0.15) is 0 Å². The second-order valence-corrected chi connectivity index (χ2v) is 7.80. The number of carbonyl (C=O) groups excluding carboxylic acids is 2. The Morgan fingerprint density at radius 3 is 2.66 bits per heavy atom. The fraction of sp³-hybridized carbons (Fsp3) is 0.579. The van der Waals surface area contributed by atoms with E-state index in [0.717, 1.165) is 6.07 Å². The van der Waals surface area contributed by atoms with Crippen LogP contribution in [-0.4, -0.2) is 79.2 Å². The smallest absolute Gasteiger partial charge is 0.410 e. The number of esters is 1. The minimum Gasteiger partial charge on any atom is -0.470 e. The lowest BCUT2D eigenvalue weighted by molar-refractivity contribution is 0.0274. The van der Waals surface area contributed by atoms with Crippen LogP contribution in [0.25, 0.3) is 0 Å². The highest BCUT2D eigenvalue weighted by molar-refractivity contribution is 5.93. The number of methoxy groups -OCH3 is 1. The van der Waals surface area contributed by atoms with Gasteiger partial charge < -0.3 is 24.0 Å². The highest BCUT2D eigenvalue weighted by atomic mass is 19.1. The van der Waals surface area contributed by atoms with Crippen molar-refractivity contribution < 1.29 is 28.2 Å². The zero-order valence-corrected chi connectivity index (χ0v) is 17.6. The topological polar surface area (TPSA) is 93.6 Å². The molecule has 1 aromatic rings. The van der Waals surface area contributed by atoms with Crippen molar-refractivity contribution in [3.05, 3.63) is 17.6 Å². The summed E-state index contributed by atoms with van der Waals surface area (Å²) < 4.78 is 30.2. The van der Waals surface area contributed by atoms with Crippen LogP contribution < -0.4 is 4.74 Å². The molecular formula is C19H27FN4O5. The summed E-state index contributed by atoms with van der Waals surface area (Å²) in [6, 6.07) is 1.06. The molecule has 0 aromatic carbocycles. The fourth-order valence-corrected chi connectivity index (χ4v) is 2.54. The lowest BCUT2D eigenvalue weighted by Gasteiger charge is -2.24. The molecule has 1 aromatic heterocycles. The lowest BCUT2D eigenvalue weighted by atomic mass is 10.2. The van der Waals surface area contributed by atoms with Crippen LogP contribution in [0.2, 0.25) is 0 Å². The molecule has 1 fully saturated rings. The maximum Gasteiger partial charge on any atom is 0.410 e. The van der Waals surface area contributed by atoms with Crippen molar-refractivity contribution in [1.29, 1.82) is 0 Å². The van der Waals surface area contributed by atoms with E-state index in [1.165, 1.54) is 18.3 Å². The monoisotopic (exact) mass is 410 g/mol. The number of nitrogens with zero attached hydrogens (tertiary/aromatic N) is 4. The van der Waals surface area contributed by atoms with Crippen LogP contribution in [0, 0.1) is 5.82 Å². The molecule has 1 saturated heterocycles. The van der Waals surface area contributed by atoms with Crippen LogP contribution in [0.3, 0.4) is 0 Å². The molecule has 0 bridgehead atoms. The Bertz CT molecular complexity index is 792. The number of aromatic nitrogens is 1. The molecule has 1 atom stereocenters. The molecule has 1 aliphatic rings. The maximum absolute atomic E-state index is 14.5. The number of carbonyl (C=O) groups is 2. The van der Waals surface area contributed by atoms with Crippen molar-refractivity contribution in [1.82, 2.24) is 14.8 Å². The first-order valence-corrected chi connectivity index (χ1v) is 9.14. The summed E-state index contributed by atoms with van der Waals surface area (Å²) in [7, 11) is 4.67. The van der Waals surface area contributed by atoms with Crippen LogP contribution in [0.4, 0.5) is 14.9 Å². The average molecular weight is 410 g/mol. The molecule has 2 heterocycles. The van der Waals surface area contributed by atoms with Crippen LogP contribution in [-0.2, 0) is 9.47 Å². The van der Waals surface area contributed by atoms with Crippen molar-refractivity contribution in [3.8, 4) is 5.88 Å². The first kappa shape index (κ1) is 22.4. The Morgan fingerprint density at radius 1 is 1.38 bits per heavy atom. The van der Waals surface area contributed by atoms with Gasteiger partial charge in [0.2, 0.25) is 0 Å². The highest BCUT2D eigenvalue weighted by Crippen LogP contribution is 2.27. The molecule has 2 rings (SSSR count). The summed E-state index contributed by atoms with van der Waals surface area (Å²) in [5.74, 6) is -1.87. The molecule has 1 aliphatic heterocycles. The lowest BCUT2D eigenvalue weighted by Crippen LogP contribution is -2.36. The summed E-state index contributed by atoms with van der Waals surface area (Å²) in [4.78, 5) is 35.3. The summed E-state index contributed by atoms with van der Waals surface area (Å²) in [6.07, 6.45) is 0.958. The predicted molar refractivity (Wildman–Crippen MR) is 104 cm³/mol. The Hall–Kier alpha value is -2.91. The fourth-order valence-electron chi connectivity index (χ4n) is 2.54. The molecule has 0 saturated carbocycles. The molecule has 0 radical (unpaired) electrons. The zero-order valence-electron chi connectivity index (χ0n) is 17.6. The van der Waals surface area contributed by atoms with Crippen molar-refractivity contribution in [2.24, 2.45) is 4.99 Å². The predicted octanol–water partition coefficient (Wildman–Crippen LogP) is 2.62. The molecule has 29 heavy (non-hydrogen) atoms. The standard InChI is InChI=1S/C19H27FN4O5/c1-19(2,3)29-18(26)24-8-7-12(10-24)28-16-13(20)9-14(21-11-23(4)5)15(22-16)17(25)27-6/h9,11-12H,7-8,10H2,1-6H3/t12-/m0/s1. The van der Waals surface area contributed by atoms with E-state index >= 15 is 0 Å².